The first-order valence-electron chi connectivity index (χ1n) is 7.73. The number of anilines is 2. The van der Waals surface area contributed by atoms with Gasteiger partial charge in [0, 0.05) is 11.6 Å². The van der Waals surface area contributed by atoms with Crippen LogP contribution in [0.3, 0.4) is 0 Å². The third kappa shape index (κ3) is 3.49. The van der Waals surface area contributed by atoms with E-state index in [0.717, 1.165) is 5.56 Å². The van der Waals surface area contributed by atoms with E-state index in [2.05, 4.69) is 15.5 Å². The molecule has 1 heterocycles. The van der Waals surface area contributed by atoms with Crippen LogP contribution in [-0.4, -0.2) is 38.6 Å². The molecule has 0 saturated heterocycles. The highest BCUT2D eigenvalue weighted by Crippen LogP contribution is 2.33. The van der Waals surface area contributed by atoms with Gasteiger partial charge in [-0.3, -0.25) is 0 Å². The summed E-state index contributed by atoms with van der Waals surface area (Å²) in [6.45, 7) is 0. The van der Waals surface area contributed by atoms with Crippen molar-refractivity contribution in [3.63, 3.8) is 0 Å². The van der Waals surface area contributed by atoms with E-state index in [0.29, 0.717) is 34.5 Å². The molecule has 2 aromatic carbocycles. The lowest BCUT2D eigenvalue weighted by Gasteiger charge is -2.09. The highest BCUT2D eigenvalue weighted by atomic mass is 16.5. The van der Waals surface area contributed by atoms with Gasteiger partial charge in [0.15, 0.2) is 11.5 Å². The molecule has 0 unspecified atom stereocenters. The molecule has 136 valence electrons. The zero-order valence-electron chi connectivity index (χ0n) is 14.9. The summed E-state index contributed by atoms with van der Waals surface area (Å²) in [6, 6.07) is 11.0. The lowest BCUT2D eigenvalue weighted by molar-refractivity contribution is 0.355. The molecule has 1 aromatic heterocycles. The molecule has 0 aliphatic carbocycles. The average Bonchev–Trinajstić information content (AvgIpc) is 3.15. The summed E-state index contributed by atoms with van der Waals surface area (Å²) in [5, 5.41) is 7.03. The Bertz CT molecular complexity index is 894. The SMILES string of the molecule is COc1ccc(OC)c(Nc2nc(-c3ccc(OC)c(OC)c3)no2)c1. The number of aromatic nitrogens is 2. The van der Waals surface area contributed by atoms with Crippen molar-refractivity contribution in [2.24, 2.45) is 0 Å². The molecule has 0 saturated carbocycles. The van der Waals surface area contributed by atoms with E-state index < -0.39 is 0 Å². The largest absolute Gasteiger partial charge is 0.497 e. The van der Waals surface area contributed by atoms with Crippen LogP contribution >= 0.6 is 0 Å². The smallest absolute Gasteiger partial charge is 0.326 e. The number of rotatable bonds is 7. The minimum atomic E-state index is 0.223. The van der Waals surface area contributed by atoms with Gasteiger partial charge >= 0.3 is 6.01 Å². The van der Waals surface area contributed by atoms with E-state index in [1.807, 2.05) is 6.07 Å². The minimum Gasteiger partial charge on any atom is -0.497 e. The molecule has 0 amide bonds. The molecule has 3 rings (SSSR count). The molecule has 0 atom stereocenters. The number of benzene rings is 2. The van der Waals surface area contributed by atoms with Crippen LogP contribution in [0.5, 0.6) is 23.0 Å². The third-order valence-electron chi connectivity index (χ3n) is 3.72. The van der Waals surface area contributed by atoms with Crippen LogP contribution in [-0.2, 0) is 0 Å². The number of hydrogen-bond donors (Lipinski definition) is 1. The second kappa shape index (κ2) is 7.64. The minimum absolute atomic E-state index is 0.223. The van der Waals surface area contributed by atoms with Crippen LogP contribution in [0.15, 0.2) is 40.9 Å². The summed E-state index contributed by atoms with van der Waals surface area (Å²) < 4.78 is 26.4. The van der Waals surface area contributed by atoms with Crippen LogP contribution in [0, 0.1) is 0 Å². The number of methoxy groups -OCH3 is 4. The van der Waals surface area contributed by atoms with Gasteiger partial charge in [0.05, 0.1) is 34.1 Å². The third-order valence-corrected chi connectivity index (χ3v) is 3.72. The summed E-state index contributed by atoms with van der Waals surface area (Å²) >= 11 is 0. The van der Waals surface area contributed by atoms with Crippen LogP contribution in [0.2, 0.25) is 0 Å². The summed E-state index contributed by atoms with van der Waals surface area (Å²) in [5.74, 6) is 2.91. The van der Waals surface area contributed by atoms with Crippen molar-refractivity contribution in [1.29, 1.82) is 0 Å². The molecule has 0 bridgehead atoms. The monoisotopic (exact) mass is 357 g/mol. The molecule has 8 nitrogen and oxygen atoms in total. The van der Waals surface area contributed by atoms with Crippen LogP contribution in [0.4, 0.5) is 11.7 Å². The average molecular weight is 357 g/mol. The molecule has 26 heavy (non-hydrogen) atoms. The van der Waals surface area contributed by atoms with Gasteiger partial charge in [-0.05, 0) is 30.3 Å². The number of nitrogens with one attached hydrogen (secondary N) is 1. The van der Waals surface area contributed by atoms with Gasteiger partial charge in [-0.2, -0.15) is 4.98 Å². The van der Waals surface area contributed by atoms with Crippen molar-refractivity contribution in [1.82, 2.24) is 10.1 Å². The lowest BCUT2D eigenvalue weighted by atomic mass is 10.2. The fourth-order valence-corrected chi connectivity index (χ4v) is 2.39. The Morgan fingerprint density at radius 3 is 2.23 bits per heavy atom. The Balaban J connectivity index is 1.87. The first-order chi connectivity index (χ1) is 12.7. The van der Waals surface area contributed by atoms with Crippen molar-refractivity contribution < 1.29 is 23.5 Å². The molecule has 1 N–H and O–H groups in total. The van der Waals surface area contributed by atoms with E-state index in [4.69, 9.17) is 23.5 Å². The van der Waals surface area contributed by atoms with Crippen molar-refractivity contribution in [3.05, 3.63) is 36.4 Å². The van der Waals surface area contributed by atoms with Gasteiger partial charge in [0.2, 0.25) is 5.82 Å². The van der Waals surface area contributed by atoms with Crippen molar-refractivity contribution in [3.8, 4) is 34.4 Å². The predicted molar refractivity (Wildman–Crippen MR) is 95.7 cm³/mol. The first-order valence-corrected chi connectivity index (χ1v) is 7.73. The Morgan fingerprint density at radius 1 is 0.808 bits per heavy atom. The van der Waals surface area contributed by atoms with E-state index in [-0.39, 0.29) is 6.01 Å². The Morgan fingerprint density at radius 2 is 1.54 bits per heavy atom. The molecule has 8 heteroatoms. The van der Waals surface area contributed by atoms with Gasteiger partial charge in [-0.15, -0.1) is 0 Å². The van der Waals surface area contributed by atoms with Crippen LogP contribution < -0.4 is 24.3 Å². The van der Waals surface area contributed by atoms with Gasteiger partial charge < -0.3 is 28.8 Å². The number of nitrogens with zero attached hydrogens (tertiary/aromatic N) is 2. The second-order valence-corrected chi connectivity index (χ2v) is 5.18. The molecule has 0 aliphatic rings. The summed E-state index contributed by atoms with van der Waals surface area (Å²) in [5.41, 5.74) is 1.38. The number of hydrogen-bond acceptors (Lipinski definition) is 8. The molecule has 0 radical (unpaired) electrons. The second-order valence-electron chi connectivity index (χ2n) is 5.18. The Kier molecular flexibility index (Phi) is 5.12. The fraction of sp³-hybridized carbons (Fsp3) is 0.222. The van der Waals surface area contributed by atoms with Crippen molar-refractivity contribution in [2.45, 2.75) is 0 Å². The molecular formula is C18H19N3O5. The van der Waals surface area contributed by atoms with Crippen LogP contribution in [0.25, 0.3) is 11.4 Å². The maximum absolute atomic E-state index is 5.33. The first kappa shape index (κ1) is 17.4. The molecule has 3 aromatic rings. The summed E-state index contributed by atoms with van der Waals surface area (Å²) in [4.78, 5) is 4.36. The summed E-state index contributed by atoms with van der Waals surface area (Å²) in [7, 11) is 6.32. The quantitative estimate of drug-likeness (QED) is 0.687. The molecule has 0 spiro atoms. The van der Waals surface area contributed by atoms with Crippen molar-refractivity contribution >= 4 is 11.7 Å². The Hall–Kier alpha value is -3.42. The molecule has 0 aliphatic heterocycles. The zero-order chi connectivity index (χ0) is 18.5. The molecular weight excluding hydrogens is 338 g/mol. The highest BCUT2D eigenvalue weighted by molar-refractivity contribution is 5.66. The lowest BCUT2D eigenvalue weighted by Crippen LogP contribution is -1.96. The number of ether oxygens (including phenoxy) is 4. The maximum atomic E-state index is 5.33. The Labute approximate surface area is 150 Å². The zero-order valence-corrected chi connectivity index (χ0v) is 14.9. The standard InChI is InChI=1S/C18H19N3O5/c1-22-12-6-8-14(23-2)13(10-12)19-18-20-17(21-26-18)11-5-7-15(24-3)16(9-11)25-4/h5-10H,1-4H3,(H,19,20,21). The normalized spacial score (nSPS) is 10.3. The van der Waals surface area contributed by atoms with E-state index in [9.17, 15) is 0 Å². The topological polar surface area (TPSA) is 87.9 Å². The van der Waals surface area contributed by atoms with Gasteiger partial charge in [0.1, 0.15) is 11.5 Å². The fourth-order valence-electron chi connectivity index (χ4n) is 2.39. The maximum Gasteiger partial charge on any atom is 0.326 e. The predicted octanol–water partition coefficient (Wildman–Crippen LogP) is 3.51. The van der Waals surface area contributed by atoms with E-state index in [1.54, 1.807) is 58.8 Å². The summed E-state index contributed by atoms with van der Waals surface area (Å²) in [6.07, 6.45) is 0. The van der Waals surface area contributed by atoms with E-state index in [1.165, 1.54) is 0 Å². The van der Waals surface area contributed by atoms with E-state index >= 15 is 0 Å². The van der Waals surface area contributed by atoms with Gasteiger partial charge in [-0.1, -0.05) is 5.16 Å². The van der Waals surface area contributed by atoms with Crippen molar-refractivity contribution in [2.75, 3.05) is 33.8 Å². The van der Waals surface area contributed by atoms with Gasteiger partial charge in [0.25, 0.3) is 0 Å². The van der Waals surface area contributed by atoms with Gasteiger partial charge in [-0.25, -0.2) is 0 Å². The van der Waals surface area contributed by atoms with Crippen LogP contribution in [0.1, 0.15) is 0 Å². The highest BCUT2D eigenvalue weighted by Gasteiger charge is 2.14. The molecule has 0 fully saturated rings.